The number of likely N-dealkylation sites (tertiary alicyclic amines) is 1. The van der Waals surface area contributed by atoms with E-state index in [1.165, 1.54) is 0 Å². The largest absolute Gasteiger partial charge is 0.480 e. The maximum absolute atomic E-state index is 12.9. The van der Waals surface area contributed by atoms with Gasteiger partial charge in [-0.2, -0.15) is 5.10 Å². The van der Waals surface area contributed by atoms with Crippen LogP contribution in [0.4, 0.5) is 0 Å². The molecule has 1 saturated heterocycles. The molecule has 126 valence electrons. The molecule has 6 heteroatoms. The molecule has 1 fully saturated rings. The highest BCUT2D eigenvalue weighted by atomic mass is 35.5. The van der Waals surface area contributed by atoms with Crippen molar-refractivity contribution in [3.8, 4) is 5.75 Å². The van der Waals surface area contributed by atoms with Crippen molar-refractivity contribution in [2.45, 2.75) is 44.9 Å². The average molecular weight is 346 g/mol. The van der Waals surface area contributed by atoms with Gasteiger partial charge in [-0.15, -0.1) is 0 Å². The molecule has 2 aliphatic rings. The first kappa shape index (κ1) is 15.5. The van der Waals surface area contributed by atoms with Crippen molar-refractivity contribution in [1.29, 1.82) is 0 Å². The minimum absolute atomic E-state index is 0.0775. The Hall–Kier alpha value is -2.01. The summed E-state index contributed by atoms with van der Waals surface area (Å²) in [6.45, 7) is 3.56. The van der Waals surface area contributed by atoms with Crippen molar-refractivity contribution in [3.05, 3.63) is 46.7 Å². The molecule has 5 nitrogen and oxygen atoms in total. The molecule has 0 radical (unpaired) electrons. The van der Waals surface area contributed by atoms with Gasteiger partial charge in [0.15, 0.2) is 6.10 Å². The third-order valence-electron chi connectivity index (χ3n) is 4.79. The summed E-state index contributed by atoms with van der Waals surface area (Å²) in [4.78, 5) is 14.9. The lowest BCUT2D eigenvalue weighted by molar-refractivity contribution is -0.139. The quantitative estimate of drug-likeness (QED) is 0.859. The second-order valence-electron chi connectivity index (χ2n) is 6.63. The highest BCUT2D eigenvalue weighted by Crippen LogP contribution is 2.33. The molecule has 1 aromatic carbocycles. The molecule has 0 N–H and O–H groups in total. The van der Waals surface area contributed by atoms with E-state index in [1.54, 1.807) is 6.07 Å². The van der Waals surface area contributed by atoms with Gasteiger partial charge in [-0.25, -0.2) is 0 Å². The first-order chi connectivity index (χ1) is 11.6. The number of carbonyl (C=O) groups excluding carboxylic acids is 1. The van der Waals surface area contributed by atoms with E-state index >= 15 is 0 Å². The molecule has 2 atom stereocenters. The number of benzene rings is 1. The van der Waals surface area contributed by atoms with Gasteiger partial charge in [0.25, 0.3) is 5.91 Å². The number of nitrogens with zero attached hydrogens (tertiary/aromatic N) is 3. The third-order valence-corrected chi connectivity index (χ3v) is 5.03. The van der Waals surface area contributed by atoms with Crippen LogP contribution in [0.25, 0.3) is 0 Å². The molecule has 24 heavy (non-hydrogen) atoms. The highest BCUT2D eigenvalue weighted by Gasteiger charge is 2.37. The molecule has 0 aliphatic carbocycles. The summed E-state index contributed by atoms with van der Waals surface area (Å²) >= 11 is 6.03. The van der Waals surface area contributed by atoms with E-state index in [0.29, 0.717) is 11.4 Å². The minimum atomic E-state index is -0.432. The van der Waals surface area contributed by atoms with Gasteiger partial charge in [-0.1, -0.05) is 11.6 Å². The summed E-state index contributed by atoms with van der Waals surface area (Å²) < 4.78 is 7.79. The third kappa shape index (κ3) is 2.88. The van der Waals surface area contributed by atoms with E-state index in [0.717, 1.165) is 42.8 Å². The summed E-state index contributed by atoms with van der Waals surface area (Å²) in [5.74, 6) is 0.852. The summed E-state index contributed by atoms with van der Waals surface area (Å²) in [5, 5.41) is 5.02. The van der Waals surface area contributed by atoms with E-state index in [9.17, 15) is 4.79 Å². The summed E-state index contributed by atoms with van der Waals surface area (Å²) in [6.07, 6.45) is 6.07. The maximum Gasteiger partial charge on any atom is 0.264 e. The molecule has 4 rings (SSSR count). The molecule has 1 amide bonds. The van der Waals surface area contributed by atoms with Crippen molar-refractivity contribution in [2.75, 3.05) is 6.54 Å². The number of aryl methyl sites for hydroxylation is 1. The van der Waals surface area contributed by atoms with E-state index < -0.39 is 6.10 Å². The number of amides is 1. The molecule has 0 bridgehead atoms. The van der Waals surface area contributed by atoms with Crippen molar-refractivity contribution >= 4 is 17.5 Å². The fourth-order valence-corrected chi connectivity index (χ4v) is 3.83. The standard InChI is InChI=1S/C18H20ClN3O2/c1-12-9-20-21(10-12)11-15-3-2-6-22(15)18(23)17-8-13-7-14(19)4-5-16(13)24-17/h4-5,7,9-10,15,17H,2-3,6,8,11H2,1H3. The number of aromatic nitrogens is 2. The first-order valence-electron chi connectivity index (χ1n) is 8.35. The molecule has 1 aromatic heterocycles. The highest BCUT2D eigenvalue weighted by molar-refractivity contribution is 6.30. The Morgan fingerprint density at radius 1 is 1.46 bits per heavy atom. The number of carbonyl (C=O) groups is 1. The molecular formula is C18H20ClN3O2. The lowest BCUT2D eigenvalue weighted by Crippen LogP contribution is -2.45. The molecular weight excluding hydrogens is 326 g/mol. The Morgan fingerprint density at radius 3 is 3.12 bits per heavy atom. The van der Waals surface area contributed by atoms with Gasteiger partial charge >= 0.3 is 0 Å². The Labute approximate surface area is 146 Å². The van der Waals surface area contributed by atoms with Crippen molar-refractivity contribution in [1.82, 2.24) is 14.7 Å². The average Bonchev–Trinajstić information content (AvgIpc) is 3.26. The monoisotopic (exact) mass is 345 g/mol. The second kappa shape index (κ2) is 6.13. The van der Waals surface area contributed by atoms with Crippen LogP contribution in [0.2, 0.25) is 5.02 Å². The Kier molecular flexibility index (Phi) is 3.96. The molecule has 2 aromatic rings. The Morgan fingerprint density at radius 2 is 2.33 bits per heavy atom. The van der Waals surface area contributed by atoms with E-state index in [-0.39, 0.29) is 11.9 Å². The van der Waals surface area contributed by atoms with Crippen LogP contribution in [0.15, 0.2) is 30.6 Å². The van der Waals surface area contributed by atoms with Crippen LogP contribution in [0.3, 0.4) is 0 Å². The predicted molar refractivity (Wildman–Crippen MR) is 91.3 cm³/mol. The van der Waals surface area contributed by atoms with Crippen molar-refractivity contribution in [2.24, 2.45) is 0 Å². The Balaban J connectivity index is 1.46. The summed E-state index contributed by atoms with van der Waals surface area (Å²) in [5.41, 5.74) is 2.15. The SMILES string of the molecule is Cc1cnn(CC2CCCN2C(=O)C2Cc3cc(Cl)ccc3O2)c1. The predicted octanol–water partition coefficient (Wildman–Crippen LogP) is 2.84. The van der Waals surface area contributed by atoms with Gasteiger partial charge in [-0.05, 0) is 49.1 Å². The summed E-state index contributed by atoms with van der Waals surface area (Å²) in [6, 6.07) is 5.72. The fraction of sp³-hybridized carbons (Fsp3) is 0.444. The van der Waals surface area contributed by atoms with Gasteiger partial charge < -0.3 is 9.64 Å². The Bertz CT molecular complexity index is 773. The number of ether oxygens (including phenoxy) is 1. The van der Waals surface area contributed by atoms with Crippen LogP contribution < -0.4 is 4.74 Å². The van der Waals surface area contributed by atoms with Crippen LogP contribution in [0.5, 0.6) is 5.75 Å². The normalized spacial score (nSPS) is 22.5. The lowest BCUT2D eigenvalue weighted by Gasteiger charge is -2.27. The van der Waals surface area contributed by atoms with Crippen LogP contribution in [-0.2, 0) is 17.8 Å². The van der Waals surface area contributed by atoms with Crippen LogP contribution >= 0.6 is 11.6 Å². The van der Waals surface area contributed by atoms with Crippen LogP contribution in [0.1, 0.15) is 24.0 Å². The molecule has 0 saturated carbocycles. The van der Waals surface area contributed by atoms with Gasteiger partial charge in [0.1, 0.15) is 5.75 Å². The molecule has 2 unspecified atom stereocenters. The molecule has 2 aliphatic heterocycles. The lowest BCUT2D eigenvalue weighted by atomic mass is 10.1. The van der Waals surface area contributed by atoms with Crippen LogP contribution in [-0.4, -0.2) is 39.3 Å². The topological polar surface area (TPSA) is 47.4 Å². The number of halogens is 1. The number of fused-ring (bicyclic) bond motifs is 1. The van der Waals surface area contributed by atoms with Gasteiger partial charge in [0.05, 0.1) is 18.8 Å². The zero-order chi connectivity index (χ0) is 16.7. The zero-order valence-corrected chi connectivity index (χ0v) is 14.4. The summed E-state index contributed by atoms with van der Waals surface area (Å²) in [7, 11) is 0. The molecule has 0 spiro atoms. The smallest absolute Gasteiger partial charge is 0.264 e. The number of hydrogen-bond acceptors (Lipinski definition) is 3. The zero-order valence-electron chi connectivity index (χ0n) is 13.6. The number of rotatable bonds is 3. The first-order valence-corrected chi connectivity index (χ1v) is 8.72. The van der Waals surface area contributed by atoms with Crippen molar-refractivity contribution in [3.63, 3.8) is 0 Å². The van der Waals surface area contributed by atoms with Crippen LogP contribution in [0, 0.1) is 6.92 Å². The van der Waals surface area contributed by atoms with Gasteiger partial charge in [-0.3, -0.25) is 9.48 Å². The molecule has 3 heterocycles. The number of hydrogen-bond donors (Lipinski definition) is 0. The fourth-order valence-electron chi connectivity index (χ4n) is 3.64. The van der Waals surface area contributed by atoms with E-state index in [4.69, 9.17) is 16.3 Å². The van der Waals surface area contributed by atoms with E-state index in [2.05, 4.69) is 5.10 Å². The van der Waals surface area contributed by atoms with Gasteiger partial charge in [0, 0.05) is 24.2 Å². The maximum atomic E-state index is 12.9. The van der Waals surface area contributed by atoms with E-state index in [1.807, 2.05) is 41.0 Å². The van der Waals surface area contributed by atoms with Gasteiger partial charge in [0.2, 0.25) is 0 Å². The van der Waals surface area contributed by atoms with Crippen molar-refractivity contribution < 1.29 is 9.53 Å². The second-order valence-corrected chi connectivity index (χ2v) is 7.07. The minimum Gasteiger partial charge on any atom is -0.480 e.